The van der Waals surface area contributed by atoms with Gasteiger partial charge in [0.25, 0.3) is 0 Å². The highest BCUT2D eigenvalue weighted by Crippen LogP contribution is 2.16. The predicted molar refractivity (Wildman–Crippen MR) is 73.2 cm³/mol. The molecule has 0 spiro atoms. The zero-order valence-electron chi connectivity index (χ0n) is 11.8. The number of carbonyl (C=O) groups excluding carboxylic acids is 1. The number of rotatable bonds is 4. The van der Waals surface area contributed by atoms with Gasteiger partial charge in [0.05, 0.1) is 13.2 Å². The van der Waals surface area contributed by atoms with Crippen LogP contribution in [0.25, 0.3) is 0 Å². The summed E-state index contributed by atoms with van der Waals surface area (Å²) >= 11 is 0. The van der Waals surface area contributed by atoms with E-state index in [2.05, 4.69) is 0 Å². The lowest BCUT2D eigenvalue weighted by atomic mass is 9.98. The molecule has 0 saturated carbocycles. The highest BCUT2D eigenvalue weighted by atomic mass is 19.1. The van der Waals surface area contributed by atoms with Gasteiger partial charge in [0.1, 0.15) is 5.82 Å². The lowest BCUT2D eigenvalue weighted by molar-refractivity contribution is -0.160. The van der Waals surface area contributed by atoms with E-state index in [0.717, 1.165) is 5.56 Å². The van der Waals surface area contributed by atoms with Gasteiger partial charge in [-0.1, -0.05) is 19.1 Å². The molecule has 1 saturated heterocycles. The summed E-state index contributed by atoms with van der Waals surface area (Å²) in [5, 5.41) is 9.14. The van der Waals surface area contributed by atoms with Crippen molar-refractivity contribution in [3.63, 3.8) is 0 Å². The van der Waals surface area contributed by atoms with E-state index in [1.165, 1.54) is 17.0 Å². The van der Waals surface area contributed by atoms with E-state index in [1.54, 1.807) is 19.1 Å². The lowest BCUT2D eigenvalue weighted by Crippen LogP contribution is -2.54. The minimum Gasteiger partial charge on any atom is -0.480 e. The molecule has 6 heteroatoms. The molecule has 1 aliphatic heterocycles. The van der Waals surface area contributed by atoms with Gasteiger partial charge in [-0.15, -0.1) is 0 Å². The first kappa shape index (κ1) is 15.4. The second kappa shape index (κ2) is 6.67. The van der Waals surface area contributed by atoms with Crippen LogP contribution in [0.1, 0.15) is 12.5 Å². The van der Waals surface area contributed by atoms with Crippen LogP contribution in [0.5, 0.6) is 0 Å². The second-order valence-electron chi connectivity index (χ2n) is 5.20. The zero-order valence-corrected chi connectivity index (χ0v) is 11.8. The Morgan fingerprint density at radius 2 is 2.29 bits per heavy atom. The number of ether oxygens (including phenoxy) is 1. The molecule has 0 radical (unpaired) electrons. The maximum Gasteiger partial charge on any atom is 0.328 e. The van der Waals surface area contributed by atoms with Crippen LogP contribution in [0, 0.1) is 11.7 Å². The molecule has 0 aliphatic carbocycles. The predicted octanol–water partition coefficient (Wildman–Crippen LogP) is 1.32. The van der Waals surface area contributed by atoms with Crippen molar-refractivity contribution in [1.82, 2.24) is 4.90 Å². The van der Waals surface area contributed by atoms with Crippen molar-refractivity contribution in [3.8, 4) is 0 Å². The third-order valence-corrected chi connectivity index (χ3v) is 3.55. The fraction of sp³-hybridized carbons (Fsp3) is 0.467. The minimum atomic E-state index is -1.07. The number of halogens is 1. The summed E-state index contributed by atoms with van der Waals surface area (Å²) in [5.74, 6) is -2.07. The Hall–Kier alpha value is -1.95. The van der Waals surface area contributed by atoms with Crippen molar-refractivity contribution >= 4 is 11.9 Å². The average molecular weight is 295 g/mol. The SMILES string of the molecule is C[C@@H](Cc1cccc(F)c1)C(=O)N1CCOC[C@H]1C(=O)O. The Bertz CT molecular complexity index is 534. The van der Waals surface area contributed by atoms with Gasteiger partial charge in [-0.3, -0.25) is 4.79 Å². The van der Waals surface area contributed by atoms with Gasteiger partial charge in [-0.2, -0.15) is 0 Å². The van der Waals surface area contributed by atoms with E-state index in [9.17, 15) is 14.0 Å². The number of carboxylic acids is 1. The number of amides is 1. The molecule has 21 heavy (non-hydrogen) atoms. The van der Waals surface area contributed by atoms with Crippen LogP contribution in [0.15, 0.2) is 24.3 Å². The third-order valence-electron chi connectivity index (χ3n) is 3.55. The molecule has 0 aromatic heterocycles. The molecule has 1 amide bonds. The Morgan fingerprint density at radius 1 is 1.52 bits per heavy atom. The number of hydrogen-bond acceptors (Lipinski definition) is 3. The van der Waals surface area contributed by atoms with Crippen molar-refractivity contribution in [1.29, 1.82) is 0 Å². The number of carbonyl (C=O) groups is 2. The fourth-order valence-electron chi connectivity index (χ4n) is 2.46. The standard InChI is InChI=1S/C15H18FNO4/c1-10(7-11-3-2-4-12(16)8-11)14(18)17-5-6-21-9-13(17)15(19)20/h2-4,8,10,13H,5-7,9H2,1H3,(H,19,20)/t10-,13-/m0/s1. The number of carboxylic acid groups (broad SMARTS) is 1. The van der Waals surface area contributed by atoms with Crippen LogP contribution in [0.2, 0.25) is 0 Å². The fourth-order valence-corrected chi connectivity index (χ4v) is 2.46. The molecule has 5 nitrogen and oxygen atoms in total. The van der Waals surface area contributed by atoms with E-state index >= 15 is 0 Å². The number of nitrogens with zero attached hydrogens (tertiary/aromatic N) is 1. The molecule has 2 rings (SSSR count). The molecule has 1 aromatic carbocycles. The summed E-state index contributed by atoms with van der Waals surface area (Å²) in [4.78, 5) is 24.9. The molecule has 0 bridgehead atoms. The van der Waals surface area contributed by atoms with Gasteiger partial charge in [0, 0.05) is 12.5 Å². The first-order chi connectivity index (χ1) is 9.99. The molecule has 2 atom stereocenters. The first-order valence-corrected chi connectivity index (χ1v) is 6.84. The Labute approximate surface area is 122 Å². The molecule has 1 N–H and O–H groups in total. The van der Waals surface area contributed by atoms with Crippen molar-refractivity contribution in [3.05, 3.63) is 35.6 Å². The third kappa shape index (κ3) is 3.78. The van der Waals surface area contributed by atoms with Crippen LogP contribution >= 0.6 is 0 Å². The Balaban J connectivity index is 2.05. The quantitative estimate of drug-likeness (QED) is 0.909. The van der Waals surface area contributed by atoms with Crippen molar-refractivity contribution in [2.75, 3.05) is 19.8 Å². The maximum absolute atomic E-state index is 13.2. The topological polar surface area (TPSA) is 66.8 Å². The molecule has 1 fully saturated rings. The Morgan fingerprint density at radius 3 is 2.95 bits per heavy atom. The molecule has 1 aromatic rings. The molecular formula is C15H18FNO4. The molecule has 1 heterocycles. The van der Waals surface area contributed by atoms with Crippen LogP contribution in [-0.4, -0.2) is 47.7 Å². The van der Waals surface area contributed by atoms with Gasteiger partial charge in [-0.05, 0) is 24.1 Å². The number of benzene rings is 1. The van der Waals surface area contributed by atoms with Crippen LogP contribution in [0.3, 0.4) is 0 Å². The van der Waals surface area contributed by atoms with Gasteiger partial charge in [0.15, 0.2) is 6.04 Å². The molecule has 114 valence electrons. The molecule has 1 aliphatic rings. The van der Waals surface area contributed by atoms with Crippen LogP contribution in [0.4, 0.5) is 4.39 Å². The van der Waals surface area contributed by atoms with E-state index in [0.29, 0.717) is 13.0 Å². The van der Waals surface area contributed by atoms with Crippen molar-refractivity contribution in [2.24, 2.45) is 5.92 Å². The second-order valence-corrected chi connectivity index (χ2v) is 5.20. The van der Waals surface area contributed by atoms with E-state index in [-0.39, 0.29) is 24.9 Å². The number of hydrogen-bond donors (Lipinski definition) is 1. The summed E-state index contributed by atoms with van der Waals surface area (Å²) in [6.45, 7) is 2.33. The normalized spacial score (nSPS) is 20.1. The van der Waals surface area contributed by atoms with Crippen molar-refractivity contribution < 1.29 is 23.8 Å². The van der Waals surface area contributed by atoms with E-state index in [4.69, 9.17) is 9.84 Å². The summed E-state index contributed by atoms with van der Waals surface area (Å²) < 4.78 is 18.3. The minimum absolute atomic E-state index is 0.00770. The van der Waals surface area contributed by atoms with E-state index in [1.807, 2.05) is 0 Å². The molecular weight excluding hydrogens is 277 g/mol. The number of morpholine rings is 1. The zero-order chi connectivity index (χ0) is 15.4. The first-order valence-electron chi connectivity index (χ1n) is 6.84. The summed E-state index contributed by atoms with van der Waals surface area (Å²) in [6, 6.07) is 5.13. The summed E-state index contributed by atoms with van der Waals surface area (Å²) in [6.07, 6.45) is 0.375. The molecule has 0 unspecified atom stereocenters. The van der Waals surface area contributed by atoms with Gasteiger partial charge >= 0.3 is 5.97 Å². The van der Waals surface area contributed by atoms with Gasteiger partial charge < -0.3 is 14.7 Å². The van der Waals surface area contributed by atoms with Gasteiger partial charge in [0.2, 0.25) is 5.91 Å². The van der Waals surface area contributed by atoms with Gasteiger partial charge in [-0.25, -0.2) is 9.18 Å². The smallest absolute Gasteiger partial charge is 0.328 e. The highest BCUT2D eigenvalue weighted by molar-refractivity contribution is 5.85. The highest BCUT2D eigenvalue weighted by Gasteiger charge is 2.34. The van der Waals surface area contributed by atoms with E-state index < -0.39 is 17.9 Å². The summed E-state index contributed by atoms with van der Waals surface area (Å²) in [7, 11) is 0. The van der Waals surface area contributed by atoms with Crippen LogP contribution in [-0.2, 0) is 20.7 Å². The maximum atomic E-state index is 13.2. The summed E-state index contributed by atoms with van der Waals surface area (Å²) in [5.41, 5.74) is 0.719. The Kier molecular flexibility index (Phi) is 4.90. The average Bonchev–Trinajstić information content (AvgIpc) is 2.46. The van der Waals surface area contributed by atoms with Crippen LogP contribution < -0.4 is 0 Å². The largest absolute Gasteiger partial charge is 0.480 e. The monoisotopic (exact) mass is 295 g/mol. The lowest BCUT2D eigenvalue weighted by Gasteiger charge is -2.34. The van der Waals surface area contributed by atoms with Crippen molar-refractivity contribution in [2.45, 2.75) is 19.4 Å². The number of aliphatic carboxylic acids is 1.